The third-order valence-corrected chi connectivity index (χ3v) is 4.70. The molecule has 1 aliphatic rings. The molecule has 3 unspecified atom stereocenters. The van der Waals surface area contributed by atoms with Gasteiger partial charge in [0.05, 0.1) is 0 Å². The highest BCUT2D eigenvalue weighted by Gasteiger charge is 2.26. The van der Waals surface area contributed by atoms with Gasteiger partial charge in [0.2, 0.25) is 0 Å². The SMILES string of the molecule is Cc1ccccc1C(N)CN(C)C1CCCCC1C. The lowest BCUT2D eigenvalue weighted by Gasteiger charge is -2.37. The van der Waals surface area contributed by atoms with Crippen LogP contribution in [0, 0.1) is 12.8 Å². The van der Waals surface area contributed by atoms with Crippen LogP contribution < -0.4 is 5.73 Å². The van der Waals surface area contributed by atoms with Crippen LogP contribution in [0.2, 0.25) is 0 Å². The van der Waals surface area contributed by atoms with Crippen LogP contribution >= 0.6 is 0 Å². The van der Waals surface area contributed by atoms with Crippen molar-refractivity contribution in [1.29, 1.82) is 0 Å². The lowest BCUT2D eigenvalue weighted by atomic mass is 9.85. The highest BCUT2D eigenvalue weighted by Crippen LogP contribution is 2.28. The van der Waals surface area contributed by atoms with Crippen molar-refractivity contribution in [3.8, 4) is 0 Å². The average molecular weight is 260 g/mol. The fourth-order valence-electron chi connectivity index (χ4n) is 3.50. The number of benzene rings is 1. The monoisotopic (exact) mass is 260 g/mol. The third kappa shape index (κ3) is 3.58. The first-order valence-electron chi connectivity index (χ1n) is 7.61. The second-order valence-corrected chi connectivity index (χ2v) is 6.23. The van der Waals surface area contributed by atoms with E-state index in [2.05, 4.69) is 50.1 Å². The molecule has 3 atom stereocenters. The fraction of sp³-hybridized carbons (Fsp3) is 0.647. The Morgan fingerprint density at radius 2 is 1.95 bits per heavy atom. The predicted octanol–water partition coefficient (Wildman–Crippen LogP) is 3.51. The Labute approximate surface area is 118 Å². The van der Waals surface area contributed by atoms with E-state index in [1.807, 2.05) is 0 Å². The van der Waals surface area contributed by atoms with Gasteiger partial charge in [-0.05, 0) is 43.9 Å². The third-order valence-electron chi connectivity index (χ3n) is 4.70. The first kappa shape index (κ1) is 14.5. The maximum absolute atomic E-state index is 6.41. The number of aryl methyl sites for hydroxylation is 1. The van der Waals surface area contributed by atoms with Gasteiger partial charge in [0.15, 0.2) is 0 Å². The number of nitrogens with zero attached hydrogens (tertiary/aromatic N) is 1. The minimum absolute atomic E-state index is 0.125. The van der Waals surface area contributed by atoms with E-state index in [0.717, 1.165) is 12.5 Å². The van der Waals surface area contributed by atoms with Gasteiger partial charge in [-0.3, -0.25) is 0 Å². The second kappa shape index (κ2) is 6.53. The molecule has 0 aromatic heterocycles. The van der Waals surface area contributed by atoms with Crippen molar-refractivity contribution < 1.29 is 0 Å². The van der Waals surface area contributed by atoms with Crippen LogP contribution in [-0.2, 0) is 0 Å². The summed E-state index contributed by atoms with van der Waals surface area (Å²) >= 11 is 0. The number of rotatable bonds is 4. The van der Waals surface area contributed by atoms with E-state index in [9.17, 15) is 0 Å². The Hall–Kier alpha value is -0.860. The van der Waals surface area contributed by atoms with Gasteiger partial charge in [0.1, 0.15) is 0 Å². The van der Waals surface area contributed by atoms with Crippen molar-refractivity contribution >= 4 is 0 Å². The van der Waals surface area contributed by atoms with E-state index in [4.69, 9.17) is 5.73 Å². The van der Waals surface area contributed by atoms with Crippen LogP contribution in [-0.4, -0.2) is 24.5 Å². The Morgan fingerprint density at radius 1 is 1.26 bits per heavy atom. The minimum Gasteiger partial charge on any atom is -0.323 e. The maximum atomic E-state index is 6.41. The predicted molar refractivity (Wildman–Crippen MR) is 82.2 cm³/mol. The molecule has 1 saturated carbocycles. The molecule has 0 radical (unpaired) electrons. The summed E-state index contributed by atoms with van der Waals surface area (Å²) in [5.41, 5.74) is 9.00. The van der Waals surface area contributed by atoms with Crippen LogP contribution in [0.15, 0.2) is 24.3 Å². The van der Waals surface area contributed by atoms with Crippen molar-refractivity contribution in [2.24, 2.45) is 11.7 Å². The average Bonchev–Trinajstić information content (AvgIpc) is 2.39. The molecule has 106 valence electrons. The van der Waals surface area contributed by atoms with Crippen molar-refractivity contribution in [2.45, 2.75) is 51.6 Å². The van der Waals surface area contributed by atoms with Crippen LogP contribution in [0.1, 0.15) is 49.8 Å². The van der Waals surface area contributed by atoms with Crippen molar-refractivity contribution in [3.63, 3.8) is 0 Å². The molecule has 1 fully saturated rings. The molecule has 2 heteroatoms. The number of hydrogen-bond acceptors (Lipinski definition) is 2. The van der Waals surface area contributed by atoms with Crippen molar-refractivity contribution in [1.82, 2.24) is 4.90 Å². The molecular weight excluding hydrogens is 232 g/mol. The molecule has 0 amide bonds. The highest BCUT2D eigenvalue weighted by atomic mass is 15.1. The normalized spacial score (nSPS) is 25.5. The standard InChI is InChI=1S/C17H28N2/c1-13-8-4-6-10-15(13)16(18)12-19(3)17-11-7-5-9-14(17)2/h4,6,8,10,14,16-17H,5,7,9,11-12,18H2,1-3H3. The summed E-state index contributed by atoms with van der Waals surface area (Å²) in [6.45, 7) is 5.50. The first-order chi connectivity index (χ1) is 9.09. The van der Waals surface area contributed by atoms with Gasteiger partial charge >= 0.3 is 0 Å². The smallest absolute Gasteiger partial charge is 0.0426 e. The molecule has 1 aromatic rings. The molecule has 1 aromatic carbocycles. The van der Waals surface area contributed by atoms with E-state index >= 15 is 0 Å². The Morgan fingerprint density at radius 3 is 2.63 bits per heavy atom. The topological polar surface area (TPSA) is 29.3 Å². The summed E-state index contributed by atoms with van der Waals surface area (Å²) in [5.74, 6) is 0.808. The molecule has 2 nitrogen and oxygen atoms in total. The van der Waals surface area contributed by atoms with Gasteiger partial charge in [-0.25, -0.2) is 0 Å². The molecule has 0 spiro atoms. The Balaban J connectivity index is 1.98. The van der Waals surface area contributed by atoms with Gasteiger partial charge in [0.25, 0.3) is 0 Å². The summed E-state index contributed by atoms with van der Waals surface area (Å²) in [7, 11) is 2.24. The van der Waals surface area contributed by atoms with Gasteiger partial charge in [-0.1, -0.05) is 44.0 Å². The summed E-state index contributed by atoms with van der Waals surface area (Å²) in [6.07, 6.45) is 5.47. The van der Waals surface area contributed by atoms with Gasteiger partial charge in [-0.15, -0.1) is 0 Å². The minimum atomic E-state index is 0.125. The van der Waals surface area contributed by atoms with Crippen LogP contribution in [0.25, 0.3) is 0 Å². The van der Waals surface area contributed by atoms with Crippen LogP contribution in [0.4, 0.5) is 0 Å². The van der Waals surface area contributed by atoms with E-state index in [1.165, 1.54) is 36.8 Å². The molecule has 2 rings (SSSR count). The quantitative estimate of drug-likeness (QED) is 0.897. The van der Waals surface area contributed by atoms with E-state index < -0.39 is 0 Å². The molecule has 0 saturated heterocycles. The first-order valence-corrected chi connectivity index (χ1v) is 7.61. The van der Waals surface area contributed by atoms with Gasteiger partial charge in [0, 0.05) is 18.6 Å². The Bertz CT molecular complexity index is 402. The van der Waals surface area contributed by atoms with Gasteiger partial charge in [-0.2, -0.15) is 0 Å². The van der Waals surface area contributed by atoms with Crippen molar-refractivity contribution in [3.05, 3.63) is 35.4 Å². The van der Waals surface area contributed by atoms with E-state index in [1.54, 1.807) is 0 Å². The summed E-state index contributed by atoms with van der Waals surface area (Å²) < 4.78 is 0. The Kier molecular flexibility index (Phi) is 5.00. The zero-order chi connectivity index (χ0) is 13.8. The highest BCUT2D eigenvalue weighted by molar-refractivity contribution is 5.28. The van der Waals surface area contributed by atoms with Crippen molar-refractivity contribution in [2.75, 3.05) is 13.6 Å². The molecule has 0 heterocycles. The summed E-state index contributed by atoms with van der Waals surface area (Å²) in [5, 5.41) is 0. The second-order valence-electron chi connectivity index (χ2n) is 6.23. The summed E-state index contributed by atoms with van der Waals surface area (Å²) in [6, 6.07) is 9.32. The van der Waals surface area contributed by atoms with Crippen LogP contribution in [0.5, 0.6) is 0 Å². The molecule has 2 N–H and O–H groups in total. The number of nitrogens with two attached hydrogens (primary N) is 1. The molecule has 19 heavy (non-hydrogen) atoms. The van der Waals surface area contributed by atoms with Gasteiger partial charge < -0.3 is 10.6 Å². The zero-order valence-electron chi connectivity index (χ0n) is 12.6. The fourth-order valence-corrected chi connectivity index (χ4v) is 3.50. The van der Waals surface area contributed by atoms with E-state index in [-0.39, 0.29) is 6.04 Å². The number of hydrogen-bond donors (Lipinski definition) is 1. The largest absolute Gasteiger partial charge is 0.323 e. The lowest BCUT2D eigenvalue weighted by Crippen LogP contribution is -2.42. The molecule has 0 bridgehead atoms. The number of likely N-dealkylation sites (N-methyl/N-ethyl adjacent to an activating group) is 1. The molecule has 0 aliphatic heterocycles. The van der Waals surface area contributed by atoms with Crippen LogP contribution in [0.3, 0.4) is 0 Å². The zero-order valence-corrected chi connectivity index (χ0v) is 12.6. The molecule has 1 aliphatic carbocycles. The summed E-state index contributed by atoms with van der Waals surface area (Å²) in [4.78, 5) is 2.49. The molecular formula is C17H28N2. The van der Waals surface area contributed by atoms with E-state index in [0.29, 0.717) is 6.04 Å². The maximum Gasteiger partial charge on any atom is 0.0426 e. The lowest BCUT2D eigenvalue weighted by molar-refractivity contribution is 0.133.